The predicted octanol–water partition coefficient (Wildman–Crippen LogP) is 4.78. The molecule has 0 atom stereocenters. The van der Waals surface area contributed by atoms with Crippen molar-refractivity contribution in [1.82, 2.24) is 4.98 Å². The van der Waals surface area contributed by atoms with Crippen LogP contribution < -0.4 is 5.43 Å². The highest BCUT2D eigenvalue weighted by molar-refractivity contribution is 7.14. The maximum absolute atomic E-state index is 10.8. The molecule has 6 nitrogen and oxygen atoms in total. The molecular weight excluding hydrogens is 336 g/mol. The lowest BCUT2D eigenvalue weighted by atomic mass is 10.0. The SMILES string of the molecule is Cc1ccc(-c2csc(N/N=C/c3cccc([N+](=O)[O-])c3)n2)c(C)c1. The van der Waals surface area contributed by atoms with Crippen LogP contribution in [0, 0.1) is 24.0 Å². The Morgan fingerprint density at radius 1 is 1.24 bits per heavy atom. The summed E-state index contributed by atoms with van der Waals surface area (Å²) < 4.78 is 0. The predicted molar refractivity (Wildman–Crippen MR) is 101 cm³/mol. The number of hydrazone groups is 1. The van der Waals surface area contributed by atoms with E-state index in [1.54, 1.807) is 12.1 Å². The summed E-state index contributed by atoms with van der Waals surface area (Å²) in [6, 6.07) is 12.5. The van der Waals surface area contributed by atoms with Crippen molar-refractivity contribution in [3.8, 4) is 11.3 Å². The lowest BCUT2D eigenvalue weighted by molar-refractivity contribution is -0.384. The number of aromatic nitrogens is 1. The van der Waals surface area contributed by atoms with E-state index in [4.69, 9.17) is 0 Å². The average molecular weight is 352 g/mol. The highest BCUT2D eigenvalue weighted by Gasteiger charge is 2.07. The molecule has 3 rings (SSSR count). The van der Waals surface area contributed by atoms with E-state index in [9.17, 15) is 10.1 Å². The number of benzene rings is 2. The third kappa shape index (κ3) is 4.07. The van der Waals surface area contributed by atoms with Gasteiger partial charge in [0.25, 0.3) is 5.69 Å². The van der Waals surface area contributed by atoms with Gasteiger partial charge in [-0.3, -0.25) is 15.5 Å². The maximum atomic E-state index is 10.8. The second-order valence-electron chi connectivity index (χ2n) is 5.58. The van der Waals surface area contributed by atoms with Crippen molar-refractivity contribution in [2.45, 2.75) is 13.8 Å². The zero-order chi connectivity index (χ0) is 17.8. The minimum atomic E-state index is -0.429. The summed E-state index contributed by atoms with van der Waals surface area (Å²) in [7, 11) is 0. The van der Waals surface area contributed by atoms with Gasteiger partial charge in [-0.15, -0.1) is 11.3 Å². The molecule has 126 valence electrons. The molecule has 25 heavy (non-hydrogen) atoms. The van der Waals surface area contributed by atoms with Crippen LogP contribution in [0.4, 0.5) is 10.8 Å². The van der Waals surface area contributed by atoms with Gasteiger partial charge in [-0.25, -0.2) is 4.98 Å². The third-order valence-electron chi connectivity index (χ3n) is 3.62. The summed E-state index contributed by atoms with van der Waals surface area (Å²) in [5.74, 6) is 0. The van der Waals surface area contributed by atoms with E-state index in [2.05, 4.69) is 47.6 Å². The molecule has 0 spiro atoms. The quantitative estimate of drug-likeness (QED) is 0.407. The first-order chi connectivity index (χ1) is 12.0. The van der Waals surface area contributed by atoms with Gasteiger partial charge < -0.3 is 0 Å². The van der Waals surface area contributed by atoms with Crippen LogP contribution in [0.15, 0.2) is 52.9 Å². The van der Waals surface area contributed by atoms with Crippen molar-refractivity contribution in [3.63, 3.8) is 0 Å². The van der Waals surface area contributed by atoms with Crippen molar-refractivity contribution < 1.29 is 4.92 Å². The number of aryl methyl sites for hydroxylation is 2. The fourth-order valence-corrected chi connectivity index (χ4v) is 3.09. The molecule has 0 saturated carbocycles. The van der Waals surface area contributed by atoms with Gasteiger partial charge in [0.1, 0.15) is 0 Å². The van der Waals surface area contributed by atoms with E-state index in [1.807, 2.05) is 5.38 Å². The maximum Gasteiger partial charge on any atom is 0.270 e. The first-order valence-corrected chi connectivity index (χ1v) is 8.47. The average Bonchev–Trinajstić information content (AvgIpc) is 3.03. The van der Waals surface area contributed by atoms with Gasteiger partial charge >= 0.3 is 0 Å². The van der Waals surface area contributed by atoms with Gasteiger partial charge in [0.2, 0.25) is 5.13 Å². The molecule has 1 aromatic heterocycles. The van der Waals surface area contributed by atoms with Gasteiger partial charge in [-0.2, -0.15) is 5.10 Å². The minimum Gasteiger partial charge on any atom is -0.258 e. The number of non-ortho nitro benzene ring substituents is 1. The lowest BCUT2D eigenvalue weighted by Gasteiger charge is -2.03. The van der Waals surface area contributed by atoms with E-state index in [0.717, 1.165) is 11.3 Å². The normalized spacial score (nSPS) is 11.0. The molecule has 0 bridgehead atoms. The van der Waals surface area contributed by atoms with Crippen LogP contribution in [0.2, 0.25) is 0 Å². The van der Waals surface area contributed by atoms with E-state index in [0.29, 0.717) is 10.7 Å². The molecule has 3 aromatic rings. The molecule has 0 aliphatic rings. The number of nitrogens with one attached hydrogen (secondary N) is 1. The van der Waals surface area contributed by atoms with E-state index in [-0.39, 0.29) is 5.69 Å². The number of rotatable bonds is 5. The zero-order valence-corrected chi connectivity index (χ0v) is 14.6. The van der Waals surface area contributed by atoms with Crippen molar-refractivity contribution in [3.05, 3.63) is 74.6 Å². The molecule has 0 saturated heterocycles. The molecule has 0 amide bonds. The minimum absolute atomic E-state index is 0.0373. The number of thiazole rings is 1. The van der Waals surface area contributed by atoms with E-state index >= 15 is 0 Å². The summed E-state index contributed by atoms with van der Waals surface area (Å²) in [6.07, 6.45) is 1.53. The van der Waals surface area contributed by atoms with Crippen LogP contribution in [0.25, 0.3) is 11.3 Å². The fourth-order valence-electron chi connectivity index (χ4n) is 2.43. The van der Waals surface area contributed by atoms with Crippen molar-refractivity contribution >= 4 is 28.4 Å². The molecule has 0 radical (unpaired) electrons. The van der Waals surface area contributed by atoms with E-state index < -0.39 is 4.92 Å². The van der Waals surface area contributed by atoms with Gasteiger partial charge in [0.05, 0.1) is 16.8 Å². The van der Waals surface area contributed by atoms with E-state index in [1.165, 1.54) is 40.8 Å². The number of anilines is 1. The molecule has 0 fully saturated rings. The van der Waals surface area contributed by atoms with Crippen molar-refractivity contribution in [2.24, 2.45) is 5.10 Å². The number of hydrogen-bond donors (Lipinski definition) is 1. The topological polar surface area (TPSA) is 80.4 Å². The number of nitrogens with zero attached hydrogens (tertiary/aromatic N) is 3. The Hall–Kier alpha value is -3.06. The molecular formula is C18H16N4O2S. The second kappa shape index (κ2) is 7.23. The molecule has 0 aliphatic heterocycles. The molecule has 1 heterocycles. The van der Waals surface area contributed by atoms with Crippen LogP contribution in [-0.2, 0) is 0 Å². The number of nitro benzene ring substituents is 1. The van der Waals surface area contributed by atoms with Gasteiger partial charge in [-0.1, -0.05) is 35.9 Å². The largest absolute Gasteiger partial charge is 0.270 e. The Labute approximate surface area is 149 Å². The smallest absolute Gasteiger partial charge is 0.258 e. The first-order valence-electron chi connectivity index (χ1n) is 7.59. The second-order valence-corrected chi connectivity index (χ2v) is 6.44. The Bertz CT molecular complexity index is 950. The Kier molecular flexibility index (Phi) is 4.85. The zero-order valence-electron chi connectivity index (χ0n) is 13.8. The van der Waals surface area contributed by atoms with Gasteiger partial charge in [0.15, 0.2) is 0 Å². The number of hydrogen-bond acceptors (Lipinski definition) is 6. The van der Waals surface area contributed by atoms with Gasteiger partial charge in [-0.05, 0) is 19.4 Å². The Balaban J connectivity index is 1.71. The Morgan fingerprint density at radius 3 is 2.84 bits per heavy atom. The highest BCUT2D eigenvalue weighted by atomic mass is 32.1. The van der Waals surface area contributed by atoms with Crippen molar-refractivity contribution in [2.75, 3.05) is 5.43 Å². The van der Waals surface area contributed by atoms with Crippen LogP contribution in [-0.4, -0.2) is 16.1 Å². The first kappa shape index (κ1) is 16.8. The molecule has 7 heteroatoms. The summed E-state index contributed by atoms with van der Waals surface area (Å²) >= 11 is 1.46. The number of nitro groups is 1. The monoisotopic (exact) mass is 352 g/mol. The summed E-state index contributed by atoms with van der Waals surface area (Å²) in [5, 5.41) is 17.5. The summed E-state index contributed by atoms with van der Waals surface area (Å²) in [6.45, 7) is 4.13. The molecule has 2 aromatic carbocycles. The van der Waals surface area contributed by atoms with Crippen LogP contribution in [0.5, 0.6) is 0 Å². The van der Waals surface area contributed by atoms with Crippen molar-refractivity contribution in [1.29, 1.82) is 0 Å². The Morgan fingerprint density at radius 2 is 2.08 bits per heavy atom. The molecule has 1 N–H and O–H groups in total. The van der Waals surface area contributed by atoms with Crippen LogP contribution in [0.1, 0.15) is 16.7 Å². The summed E-state index contributed by atoms with van der Waals surface area (Å²) in [5.41, 5.74) is 7.94. The third-order valence-corrected chi connectivity index (χ3v) is 4.36. The van der Waals surface area contributed by atoms with Crippen LogP contribution in [0.3, 0.4) is 0 Å². The molecule has 0 unspecified atom stereocenters. The summed E-state index contributed by atoms with van der Waals surface area (Å²) in [4.78, 5) is 14.9. The molecule has 0 aliphatic carbocycles. The van der Waals surface area contributed by atoms with Gasteiger partial charge in [0, 0.05) is 28.6 Å². The van der Waals surface area contributed by atoms with Crippen LogP contribution >= 0.6 is 11.3 Å². The highest BCUT2D eigenvalue weighted by Crippen LogP contribution is 2.27. The fraction of sp³-hybridized carbons (Fsp3) is 0.111. The standard InChI is InChI=1S/C18H16N4O2S/c1-12-6-7-16(13(2)8-12)17-11-25-18(20-17)21-19-10-14-4-3-5-15(9-14)22(23)24/h3-11H,1-2H3,(H,20,21)/b19-10+. The lowest BCUT2D eigenvalue weighted by Crippen LogP contribution is -1.92.